The average Bonchev–Trinajstić information content (AvgIpc) is 2.87. The van der Waals surface area contributed by atoms with Gasteiger partial charge < -0.3 is 5.32 Å². The Morgan fingerprint density at radius 2 is 2.38 bits per heavy atom. The lowest BCUT2D eigenvalue weighted by Gasteiger charge is -2.09. The molecule has 1 aliphatic carbocycles. The molecule has 0 radical (unpaired) electrons. The highest BCUT2D eigenvalue weighted by atomic mass is 16.1. The summed E-state index contributed by atoms with van der Waals surface area (Å²) in [6.07, 6.45) is 5.19. The van der Waals surface area contributed by atoms with Gasteiger partial charge in [-0.25, -0.2) is 0 Å². The van der Waals surface area contributed by atoms with E-state index in [1.165, 1.54) is 12.8 Å². The fourth-order valence-corrected chi connectivity index (χ4v) is 1.72. The van der Waals surface area contributed by atoms with Crippen LogP contribution in [0, 0.1) is 0 Å². The van der Waals surface area contributed by atoms with Crippen molar-refractivity contribution in [1.29, 1.82) is 0 Å². The van der Waals surface area contributed by atoms with Crippen LogP contribution >= 0.6 is 0 Å². The predicted octanol–water partition coefficient (Wildman–Crippen LogP) is 0.504. The number of hydrogen-bond donors (Lipinski definition) is 1. The summed E-state index contributed by atoms with van der Waals surface area (Å²) in [5, 5.41) is 7.24. The Hall–Kier alpha value is -1.32. The van der Waals surface area contributed by atoms with Gasteiger partial charge in [-0.1, -0.05) is 0 Å². The van der Waals surface area contributed by atoms with Gasteiger partial charge in [-0.15, -0.1) is 0 Å². The second-order valence-electron chi connectivity index (χ2n) is 3.71. The van der Waals surface area contributed by atoms with E-state index < -0.39 is 0 Å². The number of fused-ring (bicyclic) bond motifs is 1. The maximum absolute atomic E-state index is 11.4. The Kier molecular flexibility index (Phi) is 1.28. The molecular weight excluding hydrogens is 166 g/mol. The standard InChI is InChI=1S/C9H11N3O/c13-9-7-5-12(6-1-2-6)11-8(7)3-4-10-9/h5-6H,1-4H2,(H,10,13). The number of carbonyl (C=O) groups excluding carboxylic acids is 1. The molecule has 1 aliphatic heterocycles. The molecule has 4 nitrogen and oxygen atoms in total. The van der Waals surface area contributed by atoms with Crippen molar-refractivity contribution in [3.05, 3.63) is 17.5 Å². The highest BCUT2D eigenvalue weighted by Gasteiger charge is 2.28. The Balaban J connectivity index is 2.04. The summed E-state index contributed by atoms with van der Waals surface area (Å²) in [5.41, 5.74) is 1.74. The van der Waals surface area contributed by atoms with E-state index in [0.29, 0.717) is 6.04 Å². The van der Waals surface area contributed by atoms with Crippen LogP contribution in [0.1, 0.15) is 34.9 Å². The molecule has 2 aliphatic rings. The summed E-state index contributed by atoms with van der Waals surface area (Å²) in [5.74, 6) is 0.0353. The zero-order chi connectivity index (χ0) is 8.84. The highest BCUT2D eigenvalue weighted by molar-refractivity contribution is 5.96. The number of rotatable bonds is 1. The molecule has 1 saturated carbocycles. The van der Waals surface area contributed by atoms with E-state index >= 15 is 0 Å². The minimum absolute atomic E-state index is 0.0353. The summed E-state index contributed by atoms with van der Waals surface area (Å²) in [4.78, 5) is 11.4. The van der Waals surface area contributed by atoms with Gasteiger partial charge in [0.05, 0.1) is 17.3 Å². The first-order valence-electron chi connectivity index (χ1n) is 4.71. The highest BCUT2D eigenvalue weighted by Crippen LogP contribution is 2.34. The van der Waals surface area contributed by atoms with E-state index in [1.807, 2.05) is 10.9 Å². The van der Waals surface area contributed by atoms with Crippen molar-refractivity contribution in [2.45, 2.75) is 25.3 Å². The number of carbonyl (C=O) groups is 1. The minimum Gasteiger partial charge on any atom is -0.352 e. The average molecular weight is 177 g/mol. The molecule has 1 aromatic heterocycles. The normalized spacial score (nSPS) is 21.1. The van der Waals surface area contributed by atoms with E-state index in [-0.39, 0.29) is 5.91 Å². The number of nitrogens with zero attached hydrogens (tertiary/aromatic N) is 2. The molecule has 0 spiro atoms. The summed E-state index contributed by atoms with van der Waals surface area (Å²) in [6.45, 7) is 0.730. The molecule has 0 unspecified atom stereocenters. The van der Waals surface area contributed by atoms with E-state index in [1.54, 1.807) is 0 Å². The fourth-order valence-electron chi connectivity index (χ4n) is 1.72. The van der Waals surface area contributed by atoms with Gasteiger partial charge in [0, 0.05) is 19.2 Å². The Labute approximate surface area is 75.9 Å². The molecular formula is C9H11N3O. The maximum Gasteiger partial charge on any atom is 0.254 e. The minimum atomic E-state index is 0.0353. The molecule has 68 valence electrons. The maximum atomic E-state index is 11.4. The van der Waals surface area contributed by atoms with Crippen LogP contribution in [0.15, 0.2) is 6.20 Å². The zero-order valence-electron chi connectivity index (χ0n) is 7.29. The lowest BCUT2D eigenvalue weighted by Crippen LogP contribution is -2.31. The lowest BCUT2D eigenvalue weighted by molar-refractivity contribution is 0.0946. The van der Waals surface area contributed by atoms with Gasteiger partial charge in [-0.3, -0.25) is 9.48 Å². The van der Waals surface area contributed by atoms with Crippen LogP contribution in [0.4, 0.5) is 0 Å². The van der Waals surface area contributed by atoms with Gasteiger partial charge >= 0.3 is 0 Å². The monoisotopic (exact) mass is 177 g/mol. The topological polar surface area (TPSA) is 46.9 Å². The van der Waals surface area contributed by atoms with Gasteiger partial charge in [0.2, 0.25) is 0 Å². The van der Waals surface area contributed by atoms with Crippen LogP contribution in [0.3, 0.4) is 0 Å². The number of hydrogen-bond acceptors (Lipinski definition) is 2. The molecule has 13 heavy (non-hydrogen) atoms. The van der Waals surface area contributed by atoms with Gasteiger partial charge in [-0.2, -0.15) is 5.10 Å². The van der Waals surface area contributed by atoms with Crippen molar-refractivity contribution >= 4 is 5.91 Å². The Morgan fingerprint density at radius 1 is 1.54 bits per heavy atom. The smallest absolute Gasteiger partial charge is 0.254 e. The summed E-state index contributed by atoms with van der Waals surface area (Å²) in [6, 6.07) is 0.568. The van der Waals surface area contributed by atoms with E-state index in [0.717, 1.165) is 24.2 Å². The van der Waals surface area contributed by atoms with E-state index in [2.05, 4.69) is 10.4 Å². The van der Waals surface area contributed by atoms with Crippen LogP contribution in [-0.2, 0) is 6.42 Å². The first-order chi connectivity index (χ1) is 6.34. The Morgan fingerprint density at radius 3 is 3.08 bits per heavy atom. The molecule has 0 saturated heterocycles. The first-order valence-corrected chi connectivity index (χ1v) is 4.71. The number of nitrogens with one attached hydrogen (secondary N) is 1. The van der Waals surface area contributed by atoms with Crippen molar-refractivity contribution < 1.29 is 4.79 Å². The van der Waals surface area contributed by atoms with E-state index in [9.17, 15) is 4.79 Å². The fraction of sp³-hybridized carbons (Fsp3) is 0.556. The molecule has 0 atom stereocenters. The summed E-state index contributed by atoms with van der Waals surface area (Å²) in [7, 11) is 0. The third kappa shape index (κ3) is 1.05. The molecule has 4 heteroatoms. The molecule has 0 bridgehead atoms. The van der Waals surface area contributed by atoms with Gasteiger partial charge in [-0.05, 0) is 12.8 Å². The molecule has 2 heterocycles. The van der Waals surface area contributed by atoms with Gasteiger partial charge in [0.15, 0.2) is 0 Å². The third-order valence-electron chi connectivity index (χ3n) is 2.62. The molecule has 0 aromatic carbocycles. The van der Waals surface area contributed by atoms with Crippen molar-refractivity contribution in [2.24, 2.45) is 0 Å². The van der Waals surface area contributed by atoms with E-state index in [4.69, 9.17) is 0 Å². The van der Waals surface area contributed by atoms with Gasteiger partial charge in [0.25, 0.3) is 5.91 Å². The molecule has 1 aromatic rings. The van der Waals surface area contributed by atoms with Crippen molar-refractivity contribution in [2.75, 3.05) is 6.54 Å². The predicted molar refractivity (Wildman–Crippen MR) is 46.5 cm³/mol. The zero-order valence-corrected chi connectivity index (χ0v) is 7.29. The van der Waals surface area contributed by atoms with Crippen LogP contribution < -0.4 is 5.32 Å². The molecule has 1 N–H and O–H groups in total. The molecule has 3 rings (SSSR count). The van der Waals surface area contributed by atoms with Crippen molar-refractivity contribution in [3.63, 3.8) is 0 Å². The third-order valence-corrected chi connectivity index (χ3v) is 2.62. The second kappa shape index (κ2) is 2.34. The quantitative estimate of drug-likeness (QED) is 0.679. The first kappa shape index (κ1) is 7.12. The summed E-state index contributed by atoms with van der Waals surface area (Å²) >= 11 is 0. The lowest BCUT2D eigenvalue weighted by atomic mass is 10.1. The van der Waals surface area contributed by atoms with Crippen LogP contribution in [0.25, 0.3) is 0 Å². The SMILES string of the molecule is O=C1NCCc2nn(C3CC3)cc21. The molecule has 1 fully saturated rings. The van der Waals surface area contributed by atoms with Crippen LogP contribution in [0.2, 0.25) is 0 Å². The van der Waals surface area contributed by atoms with Crippen LogP contribution in [-0.4, -0.2) is 22.2 Å². The van der Waals surface area contributed by atoms with Gasteiger partial charge in [0.1, 0.15) is 0 Å². The second-order valence-corrected chi connectivity index (χ2v) is 3.71. The number of aromatic nitrogens is 2. The number of amides is 1. The Bertz CT molecular complexity index is 365. The van der Waals surface area contributed by atoms with Crippen molar-refractivity contribution in [3.8, 4) is 0 Å². The largest absolute Gasteiger partial charge is 0.352 e. The van der Waals surface area contributed by atoms with Crippen molar-refractivity contribution in [1.82, 2.24) is 15.1 Å². The summed E-state index contributed by atoms with van der Waals surface area (Å²) < 4.78 is 1.95. The molecule has 1 amide bonds. The van der Waals surface area contributed by atoms with Crippen LogP contribution in [0.5, 0.6) is 0 Å².